The van der Waals surface area contributed by atoms with Crippen LogP contribution in [0.15, 0.2) is 48.5 Å². The van der Waals surface area contributed by atoms with Gasteiger partial charge in [-0.15, -0.1) is 0 Å². The van der Waals surface area contributed by atoms with Crippen LogP contribution in [0.25, 0.3) is 0 Å². The van der Waals surface area contributed by atoms with Gasteiger partial charge in [0.05, 0.1) is 0 Å². The van der Waals surface area contributed by atoms with Crippen molar-refractivity contribution < 1.29 is 68.2 Å². The van der Waals surface area contributed by atoms with Gasteiger partial charge in [-0.05, 0) is 0 Å². The number of hydrogen-bond acceptors (Lipinski definition) is 0. The number of rotatable bonds is 2. The van der Waals surface area contributed by atoms with Crippen molar-refractivity contribution in [1.29, 1.82) is 0 Å². The summed E-state index contributed by atoms with van der Waals surface area (Å²) in [5.74, 6) is 0. The third-order valence-electron chi connectivity index (χ3n) is 2.22. The normalized spacial score (nSPS) is 8.08. The molecule has 0 aromatic heterocycles. The fraction of sp³-hybridized carbons (Fsp3) is 0.417. The minimum Gasteiger partial charge on any atom is -0.358 e. The third kappa shape index (κ3) is 32.3. The monoisotopic (exact) mass is 510 g/mol. The largest absolute Gasteiger partial charge is 0.358 e. The van der Waals surface area contributed by atoms with Crippen molar-refractivity contribution in [2.45, 2.75) is 67.2 Å². The standard InChI is InChI=1S/2C8H9.2C3H8.2CH3.2Y/c2*1-2-8-6-4-3-5-7-8;2*1-3-2;;;;/h2*3-4,6-7H,2H2,1H3;2*3H2,1-2H3;2*1H3;;/q2*-1;;;2*-1;;/i6T;3T;;;;;;. The Bertz CT molecular complexity index is 498. The Morgan fingerprint density at radius 3 is 1.54 bits per heavy atom. The zero-order valence-electron chi connectivity index (χ0n) is 20.4. The quantitative estimate of drug-likeness (QED) is 0.362. The Hall–Kier alpha value is 0.648. The molecule has 2 aromatic carbocycles. The topological polar surface area (TPSA) is 0 Å². The predicted octanol–water partition coefficient (Wildman–Crippen LogP) is 7.83. The Labute approximate surface area is 219 Å². The van der Waals surface area contributed by atoms with E-state index in [-0.39, 0.29) is 80.3 Å². The summed E-state index contributed by atoms with van der Waals surface area (Å²) >= 11 is 0. The molecule has 0 aliphatic rings. The predicted molar refractivity (Wildman–Crippen MR) is 114 cm³/mol. The van der Waals surface area contributed by atoms with Gasteiger partial charge in [0.15, 0.2) is 0 Å². The first kappa shape index (κ1) is 34.2. The average Bonchev–Trinajstić information content (AvgIpc) is 2.58. The first-order chi connectivity index (χ1) is 11.5. The molecule has 0 aliphatic heterocycles. The summed E-state index contributed by atoms with van der Waals surface area (Å²) in [5.41, 5.74) is 2.31. The molecule has 0 bridgehead atoms. The molecule has 0 spiro atoms. The van der Waals surface area contributed by atoms with Crippen LogP contribution < -0.4 is 0 Å². The van der Waals surface area contributed by atoms with E-state index in [4.69, 9.17) is 2.74 Å². The summed E-state index contributed by atoms with van der Waals surface area (Å²) in [6, 6.07) is 17.8. The van der Waals surface area contributed by atoms with Crippen molar-refractivity contribution in [1.82, 2.24) is 0 Å². The maximum Gasteiger partial charge on any atom is 0.0339 e. The van der Waals surface area contributed by atoms with E-state index in [0.29, 0.717) is 12.1 Å². The zero-order valence-corrected chi connectivity index (χ0v) is 24.1. The molecule has 0 aliphatic carbocycles. The molecule has 0 saturated heterocycles. The molecule has 0 fully saturated rings. The summed E-state index contributed by atoms with van der Waals surface area (Å²) in [6.45, 7) is 12.6. The van der Waals surface area contributed by atoms with Gasteiger partial charge in [0, 0.05) is 68.2 Å². The molecule has 0 amide bonds. The van der Waals surface area contributed by atoms with Gasteiger partial charge in [0.2, 0.25) is 0 Å². The van der Waals surface area contributed by atoms with Gasteiger partial charge in [0.1, 0.15) is 0 Å². The smallest absolute Gasteiger partial charge is 0.0339 e. The van der Waals surface area contributed by atoms with E-state index in [0.717, 1.165) is 18.4 Å². The average molecular weight is 510 g/mol. The Balaban J connectivity index is -0.0000000609. The van der Waals surface area contributed by atoms with Gasteiger partial charge in [-0.3, -0.25) is 0 Å². The summed E-state index contributed by atoms with van der Waals surface area (Å²) in [6.07, 6.45) is 4.45. The summed E-state index contributed by atoms with van der Waals surface area (Å²) in [7, 11) is 0. The van der Waals surface area contributed by atoms with Crippen LogP contribution >= 0.6 is 0 Å². The second-order valence-corrected chi connectivity index (χ2v) is 4.78. The third-order valence-corrected chi connectivity index (χ3v) is 2.22. The van der Waals surface area contributed by atoms with Crippen molar-refractivity contribution >= 4 is 0 Å². The minimum atomic E-state index is 0. The van der Waals surface area contributed by atoms with Gasteiger partial charge >= 0.3 is 0 Å². The maximum atomic E-state index is 7.35. The molecule has 2 heteroatoms. The summed E-state index contributed by atoms with van der Waals surface area (Å²) < 4.78 is 14.5. The van der Waals surface area contributed by atoms with Gasteiger partial charge < -0.3 is 14.9 Å². The van der Waals surface area contributed by atoms with Crippen molar-refractivity contribution in [3.63, 3.8) is 0 Å². The van der Waals surface area contributed by atoms with Crippen LogP contribution in [0.5, 0.6) is 0 Å². The Morgan fingerprint density at radius 1 is 0.769 bits per heavy atom. The molecule has 0 N–H and O–H groups in total. The molecule has 146 valence electrons. The molecule has 2 radical (unpaired) electrons. The van der Waals surface area contributed by atoms with E-state index in [2.05, 4.69) is 46.8 Å². The fourth-order valence-corrected chi connectivity index (χ4v) is 1.19. The van der Waals surface area contributed by atoms with Crippen LogP contribution in [-0.4, -0.2) is 0 Å². The molecule has 0 heterocycles. The van der Waals surface area contributed by atoms with E-state index in [9.17, 15) is 0 Å². The van der Waals surface area contributed by atoms with E-state index in [1.165, 1.54) is 18.4 Å². The van der Waals surface area contributed by atoms with Crippen molar-refractivity contribution in [2.24, 2.45) is 0 Å². The van der Waals surface area contributed by atoms with E-state index < -0.39 is 0 Å². The van der Waals surface area contributed by atoms with Crippen LogP contribution in [0.4, 0.5) is 0 Å². The molecule has 2 rings (SSSR count). The van der Waals surface area contributed by atoms with Crippen molar-refractivity contribution in [2.75, 3.05) is 0 Å². The molecule has 26 heavy (non-hydrogen) atoms. The van der Waals surface area contributed by atoms with Crippen LogP contribution in [0, 0.1) is 27.0 Å². The van der Waals surface area contributed by atoms with E-state index >= 15 is 0 Å². The minimum absolute atomic E-state index is 0. The Morgan fingerprint density at radius 2 is 1.23 bits per heavy atom. The summed E-state index contributed by atoms with van der Waals surface area (Å²) in [5, 5.41) is 0. The van der Waals surface area contributed by atoms with Gasteiger partial charge in [0.25, 0.3) is 0 Å². The van der Waals surface area contributed by atoms with Crippen LogP contribution in [-0.2, 0) is 78.3 Å². The molecule has 2 aromatic rings. The number of benzene rings is 2. The Kier molecular flexibility index (Phi) is 48.0. The fourth-order valence-electron chi connectivity index (χ4n) is 1.19. The van der Waals surface area contributed by atoms with E-state index in [1.807, 2.05) is 25.1 Å². The number of aryl methyl sites for hydroxylation is 2. The molecule has 0 nitrogen and oxygen atoms in total. The molecule has 0 saturated carbocycles. The SMILES string of the molecule is CCC.CCC.[3H]c1[c-]cc(CC)cc1.[3H]c1cc[c-]cc1CC.[CH3-].[CH3-].[Y].[Y]. The number of hydrogen-bond donors (Lipinski definition) is 0. The zero-order chi connectivity index (χ0) is 18.8. The van der Waals surface area contributed by atoms with Crippen LogP contribution in [0.1, 0.15) is 68.3 Å². The molecular weight excluding hydrogens is 466 g/mol. The van der Waals surface area contributed by atoms with Crippen LogP contribution in [0.3, 0.4) is 0 Å². The first-order valence-corrected chi connectivity index (χ1v) is 8.43. The molecular formula is C24H40Y2-4. The molecule has 0 atom stereocenters. The maximum absolute atomic E-state index is 7.35. The second kappa shape index (κ2) is 36.5. The van der Waals surface area contributed by atoms with Gasteiger partial charge in [-0.25, -0.2) is 0 Å². The van der Waals surface area contributed by atoms with Gasteiger partial charge in [-0.2, -0.15) is 71.7 Å². The second-order valence-electron chi connectivity index (χ2n) is 4.78. The van der Waals surface area contributed by atoms with E-state index in [1.54, 1.807) is 18.2 Å². The van der Waals surface area contributed by atoms with Crippen LogP contribution in [0.2, 0.25) is 0 Å². The van der Waals surface area contributed by atoms with Gasteiger partial charge in [-0.1, -0.05) is 67.2 Å². The summed E-state index contributed by atoms with van der Waals surface area (Å²) in [4.78, 5) is 0. The first-order valence-electron chi connectivity index (χ1n) is 9.43. The van der Waals surface area contributed by atoms with Crippen molar-refractivity contribution in [3.05, 3.63) is 86.6 Å². The molecule has 0 unspecified atom stereocenters. The van der Waals surface area contributed by atoms with Crippen molar-refractivity contribution in [3.8, 4) is 0 Å².